The van der Waals surface area contributed by atoms with Crippen LogP contribution in [0, 0.1) is 0 Å². The number of ether oxygens (including phenoxy) is 2. The van der Waals surface area contributed by atoms with Crippen LogP contribution in [0.1, 0.15) is 44.7 Å². The number of halogens is 2. The molecule has 0 bridgehead atoms. The van der Waals surface area contributed by atoms with E-state index in [9.17, 15) is 9.90 Å². The van der Waals surface area contributed by atoms with E-state index in [0.29, 0.717) is 17.2 Å². The van der Waals surface area contributed by atoms with Crippen molar-refractivity contribution in [3.63, 3.8) is 0 Å². The number of carbonyl (C=O) groups is 1. The quantitative estimate of drug-likeness (QED) is 0.477. The van der Waals surface area contributed by atoms with Crippen molar-refractivity contribution < 1.29 is 19.4 Å². The summed E-state index contributed by atoms with van der Waals surface area (Å²) in [6.07, 6.45) is 1.31. The second kappa shape index (κ2) is 10.2. The van der Waals surface area contributed by atoms with Gasteiger partial charge in [0.15, 0.2) is 0 Å². The SMILES string of the molecule is CC(C)(C)OC=O.COc1c(Cl)cccc1C(Cl)N1CCC(O)CC1. The van der Waals surface area contributed by atoms with Crippen molar-refractivity contribution >= 4 is 29.7 Å². The molecule has 0 aliphatic carbocycles. The largest absolute Gasteiger partial charge is 0.495 e. The highest BCUT2D eigenvalue weighted by molar-refractivity contribution is 6.32. The van der Waals surface area contributed by atoms with E-state index >= 15 is 0 Å². The Labute approximate surface area is 159 Å². The van der Waals surface area contributed by atoms with Gasteiger partial charge in [0.2, 0.25) is 0 Å². The van der Waals surface area contributed by atoms with Crippen molar-refractivity contribution in [1.82, 2.24) is 4.90 Å². The first kappa shape index (κ1) is 22.0. The van der Waals surface area contributed by atoms with Crippen LogP contribution >= 0.6 is 23.2 Å². The molecule has 1 unspecified atom stereocenters. The Morgan fingerprint density at radius 1 is 1.32 bits per heavy atom. The minimum absolute atomic E-state index is 0.202. The second-order valence-electron chi connectivity index (χ2n) is 6.79. The molecule has 1 atom stereocenters. The van der Waals surface area contributed by atoms with E-state index in [1.165, 1.54) is 0 Å². The van der Waals surface area contributed by atoms with E-state index in [4.69, 9.17) is 27.9 Å². The van der Waals surface area contributed by atoms with Crippen LogP contribution in [0.25, 0.3) is 0 Å². The van der Waals surface area contributed by atoms with Crippen molar-refractivity contribution in [3.8, 4) is 5.75 Å². The lowest BCUT2D eigenvalue weighted by molar-refractivity contribution is -0.138. The van der Waals surface area contributed by atoms with Gasteiger partial charge in [0.05, 0.1) is 18.2 Å². The Morgan fingerprint density at radius 3 is 2.36 bits per heavy atom. The molecule has 25 heavy (non-hydrogen) atoms. The fourth-order valence-electron chi connectivity index (χ4n) is 2.38. The minimum Gasteiger partial charge on any atom is -0.495 e. The molecule has 1 heterocycles. The van der Waals surface area contributed by atoms with Crippen molar-refractivity contribution in [2.45, 2.75) is 50.8 Å². The highest BCUT2D eigenvalue weighted by Gasteiger charge is 2.26. The molecular weight excluding hydrogens is 365 g/mol. The molecular formula is C18H27Cl2NO4. The third kappa shape index (κ3) is 7.40. The van der Waals surface area contributed by atoms with E-state index in [1.54, 1.807) is 13.2 Å². The molecule has 1 aromatic rings. The number of hydrogen-bond acceptors (Lipinski definition) is 5. The van der Waals surface area contributed by atoms with Gasteiger partial charge in [0, 0.05) is 18.7 Å². The first-order chi connectivity index (χ1) is 11.7. The summed E-state index contributed by atoms with van der Waals surface area (Å²) in [5.74, 6) is 0.630. The lowest BCUT2D eigenvalue weighted by Crippen LogP contribution is -2.36. The van der Waals surface area contributed by atoms with E-state index < -0.39 is 0 Å². The Kier molecular flexibility index (Phi) is 9.00. The van der Waals surface area contributed by atoms with Gasteiger partial charge < -0.3 is 14.6 Å². The molecule has 1 aliphatic heterocycles. The first-order valence-corrected chi connectivity index (χ1v) is 9.01. The Morgan fingerprint density at radius 2 is 1.92 bits per heavy atom. The van der Waals surface area contributed by atoms with E-state index in [-0.39, 0.29) is 17.2 Å². The van der Waals surface area contributed by atoms with Gasteiger partial charge in [-0.1, -0.05) is 23.7 Å². The number of nitrogens with zero attached hydrogens (tertiary/aromatic N) is 1. The maximum atomic E-state index is 9.60. The van der Waals surface area contributed by atoms with Crippen LogP contribution < -0.4 is 4.74 Å². The molecule has 142 valence electrons. The molecule has 0 spiro atoms. The third-order valence-electron chi connectivity index (χ3n) is 3.68. The van der Waals surface area contributed by atoms with Gasteiger partial charge in [0.25, 0.3) is 6.47 Å². The normalized spacial score (nSPS) is 17.2. The summed E-state index contributed by atoms with van der Waals surface area (Å²) >= 11 is 12.6. The smallest absolute Gasteiger partial charge is 0.293 e. The summed E-state index contributed by atoms with van der Waals surface area (Å²) < 4.78 is 9.87. The van der Waals surface area contributed by atoms with Crippen molar-refractivity contribution in [3.05, 3.63) is 28.8 Å². The molecule has 5 nitrogen and oxygen atoms in total. The average Bonchev–Trinajstić information content (AvgIpc) is 2.54. The number of methoxy groups -OCH3 is 1. The van der Waals surface area contributed by atoms with Crippen LogP contribution in [0.3, 0.4) is 0 Å². The van der Waals surface area contributed by atoms with Crippen molar-refractivity contribution in [1.29, 1.82) is 0 Å². The number of hydrogen-bond donors (Lipinski definition) is 1. The molecule has 1 aromatic carbocycles. The number of benzene rings is 1. The highest BCUT2D eigenvalue weighted by atomic mass is 35.5. The zero-order chi connectivity index (χ0) is 19.0. The molecule has 1 N–H and O–H groups in total. The van der Waals surface area contributed by atoms with Gasteiger partial charge in [-0.05, 0) is 39.7 Å². The van der Waals surface area contributed by atoms with Crippen LogP contribution in [0.4, 0.5) is 0 Å². The number of aliphatic hydroxyl groups is 1. The Bertz CT molecular complexity index is 540. The first-order valence-electron chi connectivity index (χ1n) is 8.19. The van der Waals surface area contributed by atoms with Gasteiger partial charge in [-0.2, -0.15) is 0 Å². The summed E-state index contributed by atoms with van der Waals surface area (Å²) in [5, 5.41) is 10.1. The predicted molar refractivity (Wildman–Crippen MR) is 100 cm³/mol. The maximum Gasteiger partial charge on any atom is 0.293 e. The number of likely N-dealkylation sites (tertiary alicyclic amines) is 1. The number of aliphatic hydroxyl groups excluding tert-OH is 1. The highest BCUT2D eigenvalue weighted by Crippen LogP contribution is 2.38. The molecule has 7 heteroatoms. The summed E-state index contributed by atoms with van der Waals surface area (Å²) in [6.45, 7) is 7.49. The molecule has 0 aromatic heterocycles. The average molecular weight is 392 g/mol. The fourth-order valence-corrected chi connectivity index (χ4v) is 3.01. The Balaban J connectivity index is 0.000000381. The zero-order valence-corrected chi connectivity index (χ0v) is 16.7. The monoisotopic (exact) mass is 391 g/mol. The van der Waals surface area contributed by atoms with E-state index in [2.05, 4.69) is 9.64 Å². The van der Waals surface area contributed by atoms with Crippen LogP contribution in [0.5, 0.6) is 5.75 Å². The lowest BCUT2D eigenvalue weighted by atomic mass is 10.1. The predicted octanol–water partition coefficient (Wildman–Crippen LogP) is 4.00. The molecule has 2 rings (SSSR count). The molecule has 0 saturated carbocycles. The number of piperidine rings is 1. The topological polar surface area (TPSA) is 59.0 Å². The minimum atomic E-state index is -0.318. The number of alkyl halides is 1. The van der Waals surface area contributed by atoms with Gasteiger partial charge in [-0.25, -0.2) is 0 Å². The van der Waals surface area contributed by atoms with Gasteiger partial charge in [-0.3, -0.25) is 9.69 Å². The van der Waals surface area contributed by atoms with Crippen LogP contribution in [-0.4, -0.2) is 48.4 Å². The molecule has 1 saturated heterocycles. The van der Waals surface area contributed by atoms with E-state index in [0.717, 1.165) is 31.5 Å². The van der Waals surface area contributed by atoms with Gasteiger partial charge in [-0.15, -0.1) is 11.6 Å². The van der Waals surface area contributed by atoms with Crippen LogP contribution in [0.15, 0.2) is 18.2 Å². The van der Waals surface area contributed by atoms with Crippen LogP contribution in [0.2, 0.25) is 5.02 Å². The molecule has 0 radical (unpaired) electrons. The third-order valence-corrected chi connectivity index (χ3v) is 4.49. The van der Waals surface area contributed by atoms with Gasteiger partial charge in [0.1, 0.15) is 16.9 Å². The summed E-state index contributed by atoms with van der Waals surface area (Å²) in [4.78, 5) is 11.7. The van der Waals surface area contributed by atoms with Crippen molar-refractivity contribution in [2.24, 2.45) is 0 Å². The lowest BCUT2D eigenvalue weighted by Gasteiger charge is -2.33. The summed E-state index contributed by atoms with van der Waals surface area (Å²) in [5.41, 5.74) is 0.288. The summed E-state index contributed by atoms with van der Waals surface area (Å²) in [7, 11) is 1.59. The number of carbonyl (C=O) groups excluding carboxylic acids is 1. The molecule has 1 aliphatic rings. The fraction of sp³-hybridized carbons (Fsp3) is 0.611. The number of rotatable bonds is 4. The zero-order valence-electron chi connectivity index (χ0n) is 15.2. The number of para-hydroxylation sites is 1. The van der Waals surface area contributed by atoms with Crippen LogP contribution in [-0.2, 0) is 9.53 Å². The standard InChI is InChI=1S/C13H17Cl2NO2.C5H10O2/c1-18-12-10(3-2-4-11(12)14)13(15)16-7-5-9(17)6-8-16;1-5(2,3)7-4-6/h2-4,9,13,17H,5-8H2,1H3;4H,1-3H3. The molecule has 0 amide bonds. The van der Waals surface area contributed by atoms with Gasteiger partial charge >= 0.3 is 0 Å². The second-order valence-corrected chi connectivity index (χ2v) is 7.61. The van der Waals surface area contributed by atoms with E-state index in [1.807, 2.05) is 32.9 Å². The Hall–Kier alpha value is -1.01. The van der Waals surface area contributed by atoms with Crippen molar-refractivity contribution in [2.75, 3.05) is 20.2 Å². The summed E-state index contributed by atoms with van der Waals surface area (Å²) in [6, 6.07) is 5.58. The molecule has 1 fully saturated rings. The maximum absolute atomic E-state index is 9.60.